The van der Waals surface area contributed by atoms with Gasteiger partial charge >= 0.3 is 11.9 Å². The van der Waals surface area contributed by atoms with Gasteiger partial charge in [0.1, 0.15) is 6.10 Å². The minimum Gasteiger partial charge on any atom is -0.463 e. The second-order valence-corrected chi connectivity index (χ2v) is 7.74. The first-order valence-electron chi connectivity index (χ1n) is 10.2. The van der Waals surface area contributed by atoms with Crippen LogP contribution in [0, 0.1) is 11.8 Å². The van der Waals surface area contributed by atoms with Gasteiger partial charge in [-0.1, -0.05) is 13.5 Å². The van der Waals surface area contributed by atoms with Gasteiger partial charge < -0.3 is 14.2 Å². The molecule has 2 saturated carbocycles. The topological polar surface area (TPSA) is 61.8 Å². The van der Waals surface area contributed by atoms with Crippen LogP contribution in [0.25, 0.3) is 0 Å². The van der Waals surface area contributed by atoms with Gasteiger partial charge in [-0.25, -0.2) is 4.79 Å². The molecule has 0 bridgehead atoms. The zero-order chi connectivity index (χ0) is 18.8. The average molecular weight is 366 g/mol. The van der Waals surface area contributed by atoms with E-state index in [1.807, 2.05) is 0 Å². The minimum absolute atomic E-state index is 0.00652. The molecule has 0 radical (unpaired) electrons. The van der Waals surface area contributed by atoms with Crippen molar-refractivity contribution in [1.82, 2.24) is 0 Å². The smallest absolute Gasteiger partial charge is 0.330 e. The van der Waals surface area contributed by atoms with E-state index in [2.05, 4.69) is 13.5 Å². The number of unbranched alkanes of at least 4 members (excludes halogenated alkanes) is 1. The first kappa shape index (κ1) is 20.9. The third-order valence-corrected chi connectivity index (χ3v) is 5.56. The molecule has 0 atom stereocenters. The quantitative estimate of drug-likeness (QED) is 0.348. The SMILES string of the molecule is C=CC(=O)OCCCCOC1CCC(C(=O)OC2CCC(C)CC2)CC1. The van der Waals surface area contributed by atoms with Crippen LogP contribution in [0.4, 0.5) is 0 Å². The molecule has 0 amide bonds. The molecule has 0 aromatic rings. The second-order valence-electron chi connectivity index (χ2n) is 7.74. The van der Waals surface area contributed by atoms with Gasteiger partial charge in [0.05, 0.1) is 18.6 Å². The molecular weight excluding hydrogens is 332 g/mol. The summed E-state index contributed by atoms with van der Waals surface area (Å²) in [6.45, 7) is 6.71. The van der Waals surface area contributed by atoms with Gasteiger partial charge in [-0.2, -0.15) is 0 Å². The maximum atomic E-state index is 12.4. The number of rotatable bonds is 9. The lowest BCUT2D eigenvalue weighted by atomic mass is 9.86. The van der Waals surface area contributed by atoms with E-state index in [-0.39, 0.29) is 30.1 Å². The highest BCUT2D eigenvalue weighted by atomic mass is 16.5. The van der Waals surface area contributed by atoms with Gasteiger partial charge in [0.15, 0.2) is 0 Å². The summed E-state index contributed by atoms with van der Waals surface area (Å²) in [5, 5.41) is 0. The van der Waals surface area contributed by atoms with E-state index in [1.165, 1.54) is 18.9 Å². The Balaban J connectivity index is 1.52. The zero-order valence-electron chi connectivity index (χ0n) is 16.1. The molecule has 2 fully saturated rings. The van der Waals surface area contributed by atoms with Gasteiger partial charge in [0.2, 0.25) is 0 Å². The summed E-state index contributed by atoms with van der Waals surface area (Å²) in [5.74, 6) is 0.449. The van der Waals surface area contributed by atoms with Crippen molar-refractivity contribution in [2.75, 3.05) is 13.2 Å². The van der Waals surface area contributed by atoms with E-state index in [0.717, 1.165) is 57.3 Å². The minimum atomic E-state index is -0.376. The van der Waals surface area contributed by atoms with Crippen LogP contribution in [0.5, 0.6) is 0 Å². The molecule has 0 saturated heterocycles. The number of esters is 2. The summed E-state index contributed by atoms with van der Waals surface area (Å²) in [5.41, 5.74) is 0. The Morgan fingerprint density at radius 1 is 0.923 bits per heavy atom. The molecular formula is C21H34O5. The first-order valence-corrected chi connectivity index (χ1v) is 10.2. The summed E-state index contributed by atoms with van der Waals surface area (Å²) in [6.07, 6.45) is 11.2. The summed E-state index contributed by atoms with van der Waals surface area (Å²) < 4.78 is 16.6. The van der Waals surface area contributed by atoms with Crippen LogP contribution in [-0.2, 0) is 23.8 Å². The zero-order valence-corrected chi connectivity index (χ0v) is 16.1. The standard InChI is InChI=1S/C21H34O5/c1-3-20(22)25-15-5-4-14-24-18-12-8-17(9-13-18)21(23)26-19-10-6-16(2)7-11-19/h3,16-19H,1,4-15H2,2H3. The van der Waals surface area contributed by atoms with Crippen LogP contribution in [0.1, 0.15) is 71.1 Å². The van der Waals surface area contributed by atoms with Gasteiger partial charge in [-0.3, -0.25) is 4.79 Å². The van der Waals surface area contributed by atoms with Crippen LogP contribution >= 0.6 is 0 Å². The van der Waals surface area contributed by atoms with Crippen LogP contribution in [0.3, 0.4) is 0 Å². The molecule has 26 heavy (non-hydrogen) atoms. The normalized spacial score (nSPS) is 29.0. The van der Waals surface area contributed by atoms with Crippen molar-refractivity contribution >= 4 is 11.9 Å². The van der Waals surface area contributed by atoms with E-state index in [1.54, 1.807) is 0 Å². The average Bonchev–Trinajstić information content (AvgIpc) is 2.66. The van der Waals surface area contributed by atoms with Crippen LogP contribution in [-0.4, -0.2) is 37.4 Å². The fourth-order valence-electron chi connectivity index (χ4n) is 3.76. The molecule has 5 heteroatoms. The monoisotopic (exact) mass is 366 g/mol. The predicted octanol–water partition coefficient (Wildman–Crippen LogP) is 4.19. The molecule has 0 aliphatic heterocycles. The highest BCUT2D eigenvalue weighted by molar-refractivity contribution is 5.81. The molecule has 0 unspecified atom stereocenters. The maximum absolute atomic E-state index is 12.4. The predicted molar refractivity (Wildman–Crippen MR) is 99.6 cm³/mol. The fraction of sp³-hybridized carbons (Fsp3) is 0.810. The Bertz CT molecular complexity index is 445. The van der Waals surface area contributed by atoms with Crippen molar-refractivity contribution in [3.05, 3.63) is 12.7 Å². The largest absolute Gasteiger partial charge is 0.463 e. The van der Waals surface area contributed by atoms with Crippen molar-refractivity contribution in [2.45, 2.75) is 83.3 Å². The van der Waals surface area contributed by atoms with Gasteiger partial charge in [0, 0.05) is 12.7 Å². The highest BCUT2D eigenvalue weighted by Gasteiger charge is 2.30. The molecule has 0 spiro atoms. The van der Waals surface area contributed by atoms with Gasteiger partial charge in [0.25, 0.3) is 0 Å². The van der Waals surface area contributed by atoms with Crippen molar-refractivity contribution in [3.8, 4) is 0 Å². The van der Waals surface area contributed by atoms with E-state index >= 15 is 0 Å². The van der Waals surface area contributed by atoms with Crippen LogP contribution in [0.15, 0.2) is 12.7 Å². The van der Waals surface area contributed by atoms with Crippen LogP contribution in [0.2, 0.25) is 0 Å². The molecule has 2 rings (SSSR count). The van der Waals surface area contributed by atoms with Crippen molar-refractivity contribution in [3.63, 3.8) is 0 Å². The Kier molecular flexibility index (Phi) is 9.16. The number of hydrogen-bond acceptors (Lipinski definition) is 5. The molecule has 0 aromatic heterocycles. The summed E-state index contributed by atoms with van der Waals surface area (Å²) in [6, 6.07) is 0. The van der Waals surface area contributed by atoms with Crippen molar-refractivity contribution in [1.29, 1.82) is 0 Å². The Labute approximate surface area is 157 Å². The van der Waals surface area contributed by atoms with E-state index in [9.17, 15) is 9.59 Å². The highest BCUT2D eigenvalue weighted by Crippen LogP contribution is 2.30. The fourth-order valence-corrected chi connectivity index (χ4v) is 3.76. The molecule has 0 aromatic carbocycles. The molecule has 0 heterocycles. The maximum Gasteiger partial charge on any atom is 0.330 e. The van der Waals surface area contributed by atoms with E-state index in [0.29, 0.717) is 13.2 Å². The van der Waals surface area contributed by atoms with Crippen molar-refractivity contribution in [2.24, 2.45) is 11.8 Å². The number of carbonyl (C=O) groups excluding carboxylic acids is 2. The summed E-state index contributed by atoms with van der Waals surface area (Å²) in [4.78, 5) is 23.3. The van der Waals surface area contributed by atoms with Gasteiger partial charge in [-0.15, -0.1) is 0 Å². The lowest BCUT2D eigenvalue weighted by Gasteiger charge is -2.30. The van der Waals surface area contributed by atoms with E-state index in [4.69, 9.17) is 14.2 Å². The Morgan fingerprint density at radius 3 is 2.19 bits per heavy atom. The summed E-state index contributed by atoms with van der Waals surface area (Å²) in [7, 11) is 0. The number of ether oxygens (including phenoxy) is 3. The molecule has 148 valence electrons. The van der Waals surface area contributed by atoms with Crippen molar-refractivity contribution < 1.29 is 23.8 Å². The lowest BCUT2D eigenvalue weighted by molar-refractivity contribution is -0.158. The number of hydrogen-bond donors (Lipinski definition) is 0. The third-order valence-electron chi connectivity index (χ3n) is 5.56. The Morgan fingerprint density at radius 2 is 1.54 bits per heavy atom. The van der Waals surface area contributed by atoms with Gasteiger partial charge in [-0.05, 0) is 70.1 Å². The molecule has 2 aliphatic carbocycles. The first-order chi connectivity index (χ1) is 12.6. The third kappa shape index (κ3) is 7.48. The van der Waals surface area contributed by atoms with Crippen LogP contribution < -0.4 is 0 Å². The molecule has 2 aliphatic rings. The Hall–Kier alpha value is -1.36. The second kappa shape index (κ2) is 11.4. The van der Waals surface area contributed by atoms with E-state index < -0.39 is 0 Å². The molecule has 0 N–H and O–H groups in total. The summed E-state index contributed by atoms with van der Waals surface area (Å²) >= 11 is 0. The number of carbonyl (C=O) groups is 2. The lowest BCUT2D eigenvalue weighted by Crippen LogP contribution is -2.31. The molecule has 5 nitrogen and oxygen atoms in total.